The molecule has 0 saturated carbocycles. The largest absolute Gasteiger partial charge is 0.394 e. The monoisotopic (exact) mass is 306 g/mol. The van der Waals surface area contributed by atoms with E-state index >= 15 is 0 Å². The van der Waals surface area contributed by atoms with E-state index in [0.29, 0.717) is 6.54 Å². The lowest BCUT2D eigenvalue weighted by atomic mass is 10.0. The number of hydrogen-bond acceptors (Lipinski definition) is 5. The zero-order chi connectivity index (χ0) is 14.8. The molecule has 6 nitrogen and oxygen atoms in total. The van der Waals surface area contributed by atoms with Crippen molar-refractivity contribution in [1.82, 2.24) is 9.62 Å². The molecule has 2 aliphatic heterocycles. The maximum absolute atomic E-state index is 12.6. The zero-order valence-electron chi connectivity index (χ0n) is 12.3. The number of ether oxygens (including phenoxy) is 1. The molecule has 0 bridgehead atoms. The summed E-state index contributed by atoms with van der Waals surface area (Å²) < 4.78 is 32.3. The average Bonchev–Trinajstić information content (AvgIpc) is 2.37. The number of piperidine rings is 1. The summed E-state index contributed by atoms with van der Waals surface area (Å²) in [4.78, 5) is 0. The Hall–Kier alpha value is -0.210. The minimum Gasteiger partial charge on any atom is -0.394 e. The summed E-state index contributed by atoms with van der Waals surface area (Å²) in [6.45, 7) is 5.98. The van der Waals surface area contributed by atoms with E-state index in [1.165, 1.54) is 4.31 Å². The van der Waals surface area contributed by atoms with Gasteiger partial charge in [0.2, 0.25) is 10.0 Å². The van der Waals surface area contributed by atoms with Crippen molar-refractivity contribution in [3.05, 3.63) is 0 Å². The van der Waals surface area contributed by atoms with Crippen LogP contribution >= 0.6 is 0 Å². The molecular formula is C13H26N2O4S. The highest BCUT2D eigenvalue weighted by atomic mass is 32.2. The fourth-order valence-electron chi connectivity index (χ4n) is 3.00. The molecule has 1 unspecified atom stereocenters. The summed E-state index contributed by atoms with van der Waals surface area (Å²) in [5.74, 6) is 0.447. The highest BCUT2D eigenvalue weighted by Crippen LogP contribution is 2.25. The maximum Gasteiger partial charge on any atom is 0.214 e. The molecule has 2 heterocycles. The van der Waals surface area contributed by atoms with E-state index < -0.39 is 21.7 Å². The summed E-state index contributed by atoms with van der Waals surface area (Å²) >= 11 is 0. The second kappa shape index (κ2) is 6.27. The van der Waals surface area contributed by atoms with Crippen LogP contribution in [0.5, 0.6) is 0 Å². The Morgan fingerprint density at radius 1 is 1.35 bits per heavy atom. The maximum atomic E-state index is 12.6. The van der Waals surface area contributed by atoms with Crippen LogP contribution < -0.4 is 5.32 Å². The van der Waals surface area contributed by atoms with Crippen molar-refractivity contribution in [3.8, 4) is 0 Å². The minimum absolute atomic E-state index is 0.150. The number of sulfonamides is 1. The van der Waals surface area contributed by atoms with Crippen molar-refractivity contribution in [2.24, 2.45) is 5.92 Å². The van der Waals surface area contributed by atoms with Crippen LogP contribution in [0, 0.1) is 5.92 Å². The molecule has 0 amide bonds. The molecule has 2 fully saturated rings. The molecule has 20 heavy (non-hydrogen) atoms. The van der Waals surface area contributed by atoms with Gasteiger partial charge in [-0.25, -0.2) is 8.42 Å². The molecule has 0 radical (unpaired) electrons. The Morgan fingerprint density at radius 2 is 2.00 bits per heavy atom. The number of aliphatic hydroxyl groups excluding tert-OH is 1. The molecule has 2 N–H and O–H groups in total. The Kier molecular flexibility index (Phi) is 5.07. The van der Waals surface area contributed by atoms with Crippen LogP contribution in [0.4, 0.5) is 0 Å². The molecule has 0 aromatic carbocycles. The van der Waals surface area contributed by atoms with Gasteiger partial charge >= 0.3 is 0 Å². The summed E-state index contributed by atoms with van der Waals surface area (Å²) in [5, 5.41) is 12.5. The fourth-order valence-corrected chi connectivity index (χ4v) is 5.04. The van der Waals surface area contributed by atoms with Crippen LogP contribution in [-0.4, -0.2) is 68.1 Å². The lowest BCUT2D eigenvalue weighted by molar-refractivity contribution is -0.131. The molecular weight excluding hydrogens is 280 g/mol. The van der Waals surface area contributed by atoms with Crippen LogP contribution in [0.3, 0.4) is 0 Å². The van der Waals surface area contributed by atoms with Crippen LogP contribution in [-0.2, 0) is 14.8 Å². The van der Waals surface area contributed by atoms with Crippen molar-refractivity contribution >= 4 is 10.0 Å². The second-order valence-corrected chi connectivity index (χ2v) is 8.46. The van der Waals surface area contributed by atoms with Crippen LogP contribution in [0.1, 0.15) is 26.7 Å². The number of morpholine rings is 1. The Labute approximate surface area is 121 Å². The van der Waals surface area contributed by atoms with Gasteiger partial charge in [0.1, 0.15) is 0 Å². The molecule has 1 atom stereocenters. The van der Waals surface area contributed by atoms with Crippen molar-refractivity contribution in [1.29, 1.82) is 0 Å². The van der Waals surface area contributed by atoms with E-state index in [0.717, 1.165) is 25.9 Å². The Bertz CT molecular complexity index is 418. The topological polar surface area (TPSA) is 78.9 Å². The number of hydrogen-bond donors (Lipinski definition) is 2. The number of nitrogens with zero attached hydrogens (tertiary/aromatic N) is 1. The van der Waals surface area contributed by atoms with Gasteiger partial charge in [0, 0.05) is 13.1 Å². The summed E-state index contributed by atoms with van der Waals surface area (Å²) in [6.07, 6.45) is 1.40. The van der Waals surface area contributed by atoms with Gasteiger partial charge in [-0.2, -0.15) is 4.31 Å². The predicted molar refractivity (Wildman–Crippen MR) is 77.0 cm³/mol. The lowest BCUT2D eigenvalue weighted by Crippen LogP contribution is -2.56. The van der Waals surface area contributed by atoms with Crippen molar-refractivity contribution in [2.75, 3.05) is 38.5 Å². The standard InChI is InChI=1S/C13H26N2O4S/c1-13(2)10-15(7-12(8-16)19-13)20(17,18)9-11-3-5-14-6-4-11/h11-12,14,16H,3-10H2,1-2H3. The quantitative estimate of drug-likeness (QED) is 0.751. The van der Waals surface area contributed by atoms with E-state index in [9.17, 15) is 13.5 Å². The predicted octanol–water partition coefficient (Wildman–Crippen LogP) is -0.212. The molecule has 118 valence electrons. The SMILES string of the molecule is CC1(C)CN(S(=O)(=O)CC2CCNCC2)CC(CO)O1. The molecule has 2 aliphatic rings. The number of aliphatic hydroxyl groups is 1. The Morgan fingerprint density at radius 3 is 2.60 bits per heavy atom. The first kappa shape index (κ1) is 16.2. The molecule has 2 rings (SSSR count). The van der Waals surface area contributed by atoms with Crippen LogP contribution in [0.2, 0.25) is 0 Å². The number of nitrogens with one attached hydrogen (secondary N) is 1. The van der Waals surface area contributed by atoms with Gasteiger partial charge in [-0.3, -0.25) is 0 Å². The van der Waals surface area contributed by atoms with E-state index in [1.807, 2.05) is 13.8 Å². The molecule has 0 aliphatic carbocycles. The molecule has 0 spiro atoms. The average molecular weight is 306 g/mol. The second-order valence-electron chi connectivity index (χ2n) is 6.45. The lowest BCUT2D eigenvalue weighted by Gasteiger charge is -2.42. The third-order valence-corrected chi connectivity index (χ3v) is 5.91. The van der Waals surface area contributed by atoms with Gasteiger partial charge < -0.3 is 15.2 Å². The van der Waals surface area contributed by atoms with E-state index in [4.69, 9.17) is 4.74 Å². The van der Waals surface area contributed by atoms with Gasteiger partial charge in [-0.05, 0) is 45.7 Å². The van der Waals surface area contributed by atoms with Crippen LogP contribution in [0.15, 0.2) is 0 Å². The first-order chi connectivity index (χ1) is 9.32. The molecule has 0 aromatic heterocycles. The summed E-state index contributed by atoms with van der Waals surface area (Å²) in [5.41, 5.74) is -0.549. The normalized spacial score (nSPS) is 29.4. The molecule has 0 aromatic rings. The summed E-state index contributed by atoms with van der Waals surface area (Å²) in [7, 11) is -3.28. The highest BCUT2D eigenvalue weighted by Gasteiger charge is 2.39. The minimum atomic E-state index is -3.28. The zero-order valence-corrected chi connectivity index (χ0v) is 13.2. The first-order valence-electron chi connectivity index (χ1n) is 7.29. The van der Waals surface area contributed by atoms with E-state index in [-0.39, 0.29) is 24.8 Å². The van der Waals surface area contributed by atoms with Crippen LogP contribution in [0.25, 0.3) is 0 Å². The smallest absolute Gasteiger partial charge is 0.214 e. The highest BCUT2D eigenvalue weighted by molar-refractivity contribution is 7.89. The van der Waals surface area contributed by atoms with Gasteiger partial charge in [0.05, 0.1) is 24.1 Å². The van der Waals surface area contributed by atoms with Gasteiger partial charge in [-0.1, -0.05) is 0 Å². The van der Waals surface area contributed by atoms with E-state index in [1.54, 1.807) is 0 Å². The van der Waals surface area contributed by atoms with Gasteiger partial charge in [0.25, 0.3) is 0 Å². The first-order valence-corrected chi connectivity index (χ1v) is 8.90. The van der Waals surface area contributed by atoms with Gasteiger partial charge in [-0.15, -0.1) is 0 Å². The van der Waals surface area contributed by atoms with E-state index in [2.05, 4.69) is 5.32 Å². The van der Waals surface area contributed by atoms with Crippen molar-refractivity contribution < 1.29 is 18.3 Å². The third-order valence-electron chi connectivity index (χ3n) is 3.95. The van der Waals surface area contributed by atoms with Gasteiger partial charge in [0.15, 0.2) is 0 Å². The molecule has 7 heteroatoms. The summed E-state index contributed by atoms with van der Waals surface area (Å²) in [6, 6.07) is 0. The third kappa shape index (κ3) is 4.14. The number of rotatable bonds is 4. The molecule has 2 saturated heterocycles. The Balaban J connectivity index is 2.03. The van der Waals surface area contributed by atoms with Crippen molar-refractivity contribution in [2.45, 2.75) is 38.4 Å². The van der Waals surface area contributed by atoms with Crippen molar-refractivity contribution in [3.63, 3.8) is 0 Å². The fraction of sp³-hybridized carbons (Fsp3) is 1.00.